The number of rotatable bonds is 9. The molecule has 0 unspecified atom stereocenters. The van der Waals surface area contributed by atoms with Crippen LogP contribution in [0.4, 0.5) is 5.69 Å². The Morgan fingerprint density at radius 2 is 1.85 bits per heavy atom. The lowest BCUT2D eigenvalue weighted by Crippen LogP contribution is -2.35. The van der Waals surface area contributed by atoms with Gasteiger partial charge in [-0.1, -0.05) is 57.5 Å². The SMILES string of the molecule is CCN(CC)CCNC(=O)c1c(C(C)C)[nH]c(C=C2C(=O)Nc3ccc(Br)cc32)c1C(C)C. The molecule has 1 aliphatic rings. The summed E-state index contributed by atoms with van der Waals surface area (Å²) in [5, 5.41) is 6.05. The summed E-state index contributed by atoms with van der Waals surface area (Å²) >= 11 is 3.50. The van der Waals surface area contributed by atoms with Gasteiger partial charge >= 0.3 is 0 Å². The number of aromatic amines is 1. The molecule has 7 heteroatoms. The van der Waals surface area contributed by atoms with Crippen molar-refractivity contribution in [1.82, 2.24) is 15.2 Å². The van der Waals surface area contributed by atoms with Gasteiger partial charge in [-0.15, -0.1) is 0 Å². The third-order valence-corrected chi connectivity index (χ3v) is 6.63. The molecule has 33 heavy (non-hydrogen) atoms. The van der Waals surface area contributed by atoms with Crippen molar-refractivity contribution in [2.45, 2.75) is 53.4 Å². The predicted octanol–water partition coefficient (Wildman–Crippen LogP) is 5.59. The zero-order valence-electron chi connectivity index (χ0n) is 20.4. The highest BCUT2D eigenvalue weighted by atomic mass is 79.9. The van der Waals surface area contributed by atoms with E-state index >= 15 is 0 Å². The molecule has 0 radical (unpaired) electrons. The molecule has 0 spiro atoms. The first kappa shape index (κ1) is 25.2. The highest BCUT2D eigenvalue weighted by Gasteiger charge is 2.29. The van der Waals surface area contributed by atoms with Crippen LogP contribution in [-0.2, 0) is 4.79 Å². The number of carbonyl (C=O) groups excluding carboxylic acids is 2. The van der Waals surface area contributed by atoms with Crippen LogP contribution in [0, 0.1) is 0 Å². The number of halogens is 1. The Bertz CT molecular complexity index is 1060. The maximum atomic E-state index is 13.4. The molecule has 6 nitrogen and oxygen atoms in total. The zero-order valence-corrected chi connectivity index (χ0v) is 22.0. The Labute approximate surface area is 205 Å². The number of carbonyl (C=O) groups is 2. The van der Waals surface area contributed by atoms with Gasteiger partial charge in [-0.05, 0) is 54.8 Å². The zero-order chi connectivity index (χ0) is 24.3. The average Bonchev–Trinajstić information content (AvgIpc) is 3.29. The Kier molecular flexibility index (Phi) is 8.19. The van der Waals surface area contributed by atoms with Gasteiger partial charge in [-0.3, -0.25) is 9.59 Å². The van der Waals surface area contributed by atoms with Crippen LogP contribution in [-0.4, -0.2) is 47.9 Å². The number of hydrogen-bond acceptors (Lipinski definition) is 3. The van der Waals surface area contributed by atoms with Crippen LogP contribution in [0.15, 0.2) is 22.7 Å². The summed E-state index contributed by atoms with van der Waals surface area (Å²) < 4.78 is 0.912. The highest BCUT2D eigenvalue weighted by Crippen LogP contribution is 2.38. The van der Waals surface area contributed by atoms with Crippen molar-refractivity contribution in [3.63, 3.8) is 0 Å². The molecular weight excluding hydrogens is 480 g/mol. The number of fused-ring (bicyclic) bond motifs is 1. The topological polar surface area (TPSA) is 77.2 Å². The van der Waals surface area contributed by atoms with Gasteiger partial charge in [-0.2, -0.15) is 0 Å². The van der Waals surface area contributed by atoms with Crippen LogP contribution in [0.1, 0.15) is 86.3 Å². The maximum absolute atomic E-state index is 13.4. The number of amides is 2. The van der Waals surface area contributed by atoms with Crippen molar-refractivity contribution in [3.05, 3.63) is 50.8 Å². The molecule has 0 saturated carbocycles. The number of nitrogens with one attached hydrogen (secondary N) is 3. The molecule has 178 valence electrons. The quantitative estimate of drug-likeness (QED) is 0.381. The number of nitrogens with zero attached hydrogens (tertiary/aromatic N) is 1. The van der Waals surface area contributed by atoms with Crippen LogP contribution < -0.4 is 10.6 Å². The Morgan fingerprint density at radius 3 is 2.45 bits per heavy atom. The van der Waals surface area contributed by atoms with Gasteiger partial charge in [-0.25, -0.2) is 0 Å². The van der Waals surface area contributed by atoms with Gasteiger partial charge in [0.2, 0.25) is 0 Å². The second-order valence-corrected chi connectivity index (χ2v) is 9.95. The molecule has 0 aliphatic carbocycles. The van der Waals surface area contributed by atoms with Crippen molar-refractivity contribution in [1.29, 1.82) is 0 Å². The largest absolute Gasteiger partial charge is 0.358 e. The first-order valence-electron chi connectivity index (χ1n) is 11.8. The smallest absolute Gasteiger partial charge is 0.256 e. The van der Waals surface area contributed by atoms with Crippen molar-refractivity contribution in [2.75, 3.05) is 31.5 Å². The molecule has 2 aromatic rings. The van der Waals surface area contributed by atoms with Crippen molar-refractivity contribution < 1.29 is 9.59 Å². The summed E-state index contributed by atoms with van der Waals surface area (Å²) in [4.78, 5) is 31.9. The van der Waals surface area contributed by atoms with Crippen LogP contribution in [0.2, 0.25) is 0 Å². The molecular formula is C26H35BrN4O2. The fraction of sp³-hybridized carbons (Fsp3) is 0.462. The second-order valence-electron chi connectivity index (χ2n) is 9.04. The summed E-state index contributed by atoms with van der Waals surface area (Å²) in [6.07, 6.45) is 1.89. The molecule has 3 rings (SSSR count). The summed E-state index contributed by atoms with van der Waals surface area (Å²) in [6.45, 7) is 15.9. The van der Waals surface area contributed by atoms with Crippen molar-refractivity contribution in [2.24, 2.45) is 0 Å². The molecule has 0 bridgehead atoms. The first-order valence-corrected chi connectivity index (χ1v) is 12.6. The number of likely N-dealkylation sites (N-methyl/N-ethyl adjacent to an activating group) is 1. The average molecular weight is 515 g/mol. The van der Waals surface area contributed by atoms with Crippen LogP contribution in [0.25, 0.3) is 11.6 Å². The molecule has 1 aromatic carbocycles. The third-order valence-electron chi connectivity index (χ3n) is 6.14. The van der Waals surface area contributed by atoms with Gasteiger partial charge in [0.15, 0.2) is 0 Å². The van der Waals surface area contributed by atoms with E-state index < -0.39 is 0 Å². The van der Waals surface area contributed by atoms with E-state index in [9.17, 15) is 9.59 Å². The fourth-order valence-corrected chi connectivity index (χ4v) is 4.71. The summed E-state index contributed by atoms with van der Waals surface area (Å²) in [5.74, 6) is 0.0470. The molecule has 1 aromatic heterocycles. The van der Waals surface area contributed by atoms with Crippen molar-refractivity contribution >= 4 is 45.1 Å². The van der Waals surface area contributed by atoms with E-state index in [0.717, 1.165) is 52.3 Å². The molecule has 0 fully saturated rings. The first-order chi connectivity index (χ1) is 15.7. The molecule has 1 aliphatic heterocycles. The minimum atomic E-state index is -0.135. The molecule has 2 heterocycles. The Balaban J connectivity index is 2.03. The lowest BCUT2D eigenvalue weighted by molar-refractivity contribution is -0.110. The number of benzene rings is 1. The minimum absolute atomic E-state index is 0.0607. The number of aromatic nitrogens is 1. The van der Waals surface area contributed by atoms with Crippen molar-refractivity contribution in [3.8, 4) is 0 Å². The molecule has 3 N–H and O–H groups in total. The van der Waals surface area contributed by atoms with Crippen LogP contribution in [0.3, 0.4) is 0 Å². The molecule has 0 saturated heterocycles. The summed E-state index contributed by atoms with van der Waals surface area (Å²) in [7, 11) is 0. The number of hydrogen-bond donors (Lipinski definition) is 3. The molecule has 0 atom stereocenters. The van der Waals surface area contributed by atoms with Gasteiger partial charge < -0.3 is 20.5 Å². The summed E-state index contributed by atoms with van der Waals surface area (Å²) in [6, 6.07) is 5.75. The van der Waals surface area contributed by atoms with E-state index in [4.69, 9.17) is 0 Å². The van der Waals surface area contributed by atoms with Crippen LogP contribution >= 0.6 is 15.9 Å². The lowest BCUT2D eigenvalue weighted by Gasteiger charge is -2.18. The van der Waals surface area contributed by atoms with Gasteiger partial charge in [0.1, 0.15) is 0 Å². The lowest BCUT2D eigenvalue weighted by atomic mass is 9.93. The predicted molar refractivity (Wildman–Crippen MR) is 140 cm³/mol. The van der Waals surface area contributed by atoms with Gasteiger partial charge in [0.25, 0.3) is 11.8 Å². The maximum Gasteiger partial charge on any atom is 0.256 e. The van der Waals surface area contributed by atoms with Gasteiger partial charge in [0, 0.05) is 40.2 Å². The van der Waals surface area contributed by atoms with E-state index in [0.29, 0.717) is 17.7 Å². The van der Waals surface area contributed by atoms with E-state index in [1.165, 1.54) is 0 Å². The minimum Gasteiger partial charge on any atom is -0.358 e. The standard InChI is InChI=1S/C26H35BrN4O2/c1-7-31(8-2)12-11-28-26(33)23-22(15(3)4)21(29-24(23)16(5)6)14-19-18-13-17(27)9-10-20(18)30-25(19)32/h9-10,13-16,29H,7-8,11-12H2,1-6H3,(H,28,33)(H,30,32). The van der Waals surface area contributed by atoms with Crippen LogP contribution in [0.5, 0.6) is 0 Å². The van der Waals surface area contributed by atoms with E-state index in [-0.39, 0.29) is 23.7 Å². The fourth-order valence-electron chi connectivity index (χ4n) is 4.35. The highest BCUT2D eigenvalue weighted by molar-refractivity contribution is 9.10. The molecule has 2 amide bonds. The Morgan fingerprint density at radius 1 is 1.15 bits per heavy atom. The summed E-state index contributed by atoms with van der Waals surface area (Å²) in [5.41, 5.74) is 5.63. The normalized spacial score (nSPS) is 14.5. The second kappa shape index (κ2) is 10.7. The van der Waals surface area contributed by atoms with E-state index in [1.54, 1.807) is 0 Å². The monoisotopic (exact) mass is 514 g/mol. The number of H-pyrrole nitrogens is 1. The van der Waals surface area contributed by atoms with Gasteiger partial charge in [0.05, 0.1) is 11.1 Å². The van der Waals surface area contributed by atoms with E-state index in [2.05, 4.69) is 78.0 Å². The van der Waals surface area contributed by atoms with E-state index in [1.807, 2.05) is 24.3 Å². The third kappa shape index (κ3) is 5.41. The number of anilines is 1. The Hall–Kier alpha value is -2.38.